The number of fused-ring (bicyclic) bond motifs is 1. The van der Waals surface area contributed by atoms with Gasteiger partial charge in [-0.3, -0.25) is 20.3 Å². The number of hydrazine groups is 1. The van der Waals surface area contributed by atoms with Crippen molar-refractivity contribution in [3.05, 3.63) is 10.9 Å². The molecule has 8 nitrogen and oxygen atoms in total. The number of nitrogens with two attached hydrogens (primary N) is 1. The minimum Gasteiger partial charge on any atom is -0.337 e. The number of carbonyl (C=O) groups excluding carboxylic acids is 2. The molecule has 4 N–H and O–H groups in total. The fraction of sp³-hybridized carbons (Fsp3) is 0.273. The van der Waals surface area contributed by atoms with Crippen molar-refractivity contribution in [1.82, 2.24) is 15.3 Å². The summed E-state index contributed by atoms with van der Waals surface area (Å²) in [4.78, 5) is 35.0. The first-order valence-electron chi connectivity index (χ1n) is 5.89. The Bertz CT molecular complexity index is 696. The van der Waals surface area contributed by atoms with Crippen molar-refractivity contribution in [2.75, 3.05) is 23.4 Å². The van der Waals surface area contributed by atoms with E-state index >= 15 is 0 Å². The third-order valence-corrected chi connectivity index (χ3v) is 3.82. The number of hydrogen-bond acceptors (Lipinski definition) is 8. The van der Waals surface area contributed by atoms with E-state index in [9.17, 15) is 9.59 Å². The molecule has 0 spiro atoms. The fourth-order valence-electron chi connectivity index (χ4n) is 2.12. The van der Waals surface area contributed by atoms with Gasteiger partial charge in [0.1, 0.15) is 10.6 Å². The van der Waals surface area contributed by atoms with Crippen LogP contribution in [0.1, 0.15) is 4.88 Å². The smallest absolute Gasteiger partial charge is 0.246 e. The fourth-order valence-corrected chi connectivity index (χ4v) is 2.99. The van der Waals surface area contributed by atoms with Crippen LogP contribution >= 0.6 is 11.3 Å². The van der Waals surface area contributed by atoms with Crippen LogP contribution in [0.2, 0.25) is 0 Å². The molecule has 1 fully saturated rings. The monoisotopic (exact) mass is 292 g/mol. The molecular weight excluding hydrogens is 280 g/mol. The molecule has 0 radical (unpaired) electrons. The van der Waals surface area contributed by atoms with Crippen molar-refractivity contribution < 1.29 is 9.59 Å². The predicted octanol–water partition coefficient (Wildman–Crippen LogP) is -0.252. The molecular formula is C11H12N6O2S. The zero-order valence-electron chi connectivity index (χ0n) is 10.6. The molecule has 1 saturated heterocycles. The SMILES string of the molecule is Cc1cc2c(N3CC(=O)NC(=O)C3)nc(NN)nc2s1. The second-order valence-electron chi connectivity index (χ2n) is 4.42. The summed E-state index contributed by atoms with van der Waals surface area (Å²) in [5.41, 5.74) is 2.40. The molecule has 2 aromatic rings. The average Bonchev–Trinajstić information content (AvgIpc) is 2.76. The van der Waals surface area contributed by atoms with Crippen LogP contribution in [0.3, 0.4) is 0 Å². The average molecular weight is 292 g/mol. The summed E-state index contributed by atoms with van der Waals surface area (Å²) < 4.78 is 0. The standard InChI is InChI=1S/C11H12N6O2S/c1-5-2-6-9(14-11(16-12)15-10(6)20-5)17-3-7(18)13-8(19)4-17/h2H,3-4,12H2,1H3,(H,13,18,19)(H,14,15,16). The molecule has 0 aliphatic carbocycles. The Morgan fingerprint density at radius 2 is 2.05 bits per heavy atom. The van der Waals surface area contributed by atoms with E-state index in [1.807, 2.05) is 13.0 Å². The quantitative estimate of drug-likeness (QED) is 0.397. The van der Waals surface area contributed by atoms with Crippen LogP contribution in [-0.2, 0) is 9.59 Å². The van der Waals surface area contributed by atoms with E-state index < -0.39 is 0 Å². The Balaban J connectivity index is 2.13. The number of nitrogen functional groups attached to an aromatic ring is 1. The van der Waals surface area contributed by atoms with Gasteiger partial charge in [0.2, 0.25) is 17.8 Å². The molecule has 2 amide bonds. The maximum atomic E-state index is 11.5. The molecule has 0 unspecified atom stereocenters. The lowest BCUT2D eigenvalue weighted by Crippen LogP contribution is -2.51. The van der Waals surface area contributed by atoms with Gasteiger partial charge in [-0.25, -0.2) is 10.8 Å². The minimum absolute atomic E-state index is 0.0801. The molecule has 1 aliphatic rings. The zero-order valence-corrected chi connectivity index (χ0v) is 11.5. The number of carbonyl (C=O) groups is 2. The van der Waals surface area contributed by atoms with E-state index in [1.165, 1.54) is 11.3 Å². The Morgan fingerprint density at radius 3 is 2.70 bits per heavy atom. The van der Waals surface area contributed by atoms with Crippen molar-refractivity contribution in [3.63, 3.8) is 0 Å². The normalized spacial score (nSPS) is 15.6. The Labute approximate surface area is 118 Å². The molecule has 20 heavy (non-hydrogen) atoms. The van der Waals surface area contributed by atoms with Crippen molar-refractivity contribution in [2.24, 2.45) is 5.84 Å². The number of rotatable bonds is 2. The highest BCUT2D eigenvalue weighted by atomic mass is 32.1. The summed E-state index contributed by atoms with van der Waals surface area (Å²) in [6, 6.07) is 1.94. The topological polar surface area (TPSA) is 113 Å². The highest BCUT2D eigenvalue weighted by Gasteiger charge is 2.26. The molecule has 0 bridgehead atoms. The van der Waals surface area contributed by atoms with E-state index in [0.29, 0.717) is 5.82 Å². The number of amides is 2. The number of hydrogen-bond donors (Lipinski definition) is 3. The van der Waals surface area contributed by atoms with Gasteiger partial charge < -0.3 is 4.90 Å². The van der Waals surface area contributed by atoms with Crippen LogP contribution in [0.15, 0.2) is 6.07 Å². The summed E-state index contributed by atoms with van der Waals surface area (Å²) in [7, 11) is 0. The number of thiophene rings is 1. The largest absolute Gasteiger partial charge is 0.337 e. The number of imide groups is 1. The molecule has 0 aromatic carbocycles. The molecule has 104 valence electrons. The van der Waals surface area contributed by atoms with Gasteiger partial charge in [-0.05, 0) is 13.0 Å². The van der Waals surface area contributed by atoms with Crippen LogP contribution in [0.4, 0.5) is 11.8 Å². The Hall–Kier alpha value is -2.26. The van der Waals surface area contributed by atoms with Gasteiger partial charge in [0.05, 0.1) is 18.5 Å². The second kappa shape index (κ2) is 4.69. The van der Waals surface area contributed by atoms with Gasteiger partial charge >= 0.3 is 0 Å². The molecule has 0 saturated carbocycles. The first-order valence-corrected chi connectivity index (χ1v) is 6.71. The van der Waals surface area contributed by atoms with Crippen LogP contribution in [-0.4, -0.2) is 34.9 Å². The predicted molar refractivity (Wildman–Crippen MR) is 75.3 cm³/mol. The second-order valence-corrected chi connectivity index (χ2v) is 5.65. The van der Waals surface area contributed by atoms with E-state index in [-0.39, 0.29) is 30.9 Å². The Kier molecular flexibility index (Phi) is 2.99. The van der Waals surface area contributed by atoms with Crippen molar-refractivity contribution >= 4 is 45.1 Å². The van der Waals surface area contributed by atoms with Gasteiger partial charge in [0.25, 0.3) is 0 Å². The zero-order chi connectivity index (χ0) is 14.3. The van der Waals surface area contributed by atoms with Crippen molar-refractivity contribution in [3.8, 4) is 0 Å². The van der Waals surface area contributed by atoms with Gasteiger partial charge in [-0.1, -0.05) is 0 Å². The molecule has 0 atom stereocenters. The van der Waals surface area contributed by atoms with Crippen molar-refractivity contribution in [1.29, 1.82) is 0 Å². The van der Waals surface area contributed by atoms with E-state index in [4.69, 9.17) is 5.84 Å². The Morgan fingerprint density at radius 1 is 1.35 bits per heavy atom. The van der Waals surface area contributed by atoms with Gasteiger partial charge in [-0.2, -0.15) is 4.98 Å². The summed E-state index contributed by atoms with van der Waals surface area (Å²) in [6.07, 6.45) is 0. The number of aryl methyl sites for hydroxylation is 1. The lowest BCUT2D eigenvalue weighted by atomic mass is 10.3. The molecule has 2 aromatic heterocycles. The van der Waals surface area contributed by atoms with Crippen LogP contribution in [0, 0.1) is 6.92 Å². The van der Waals surface area contributed by atoms with Gasteiger partial charge in [-0.15, -0.1) is 11.3 Å². The number of piperazine rings is 1. The maximum absolute atomic E-state index is 11.5. The van der Waals surface area contributed by atoms with Gasteiger partial charge in [0, 0.05) is 4.88 Å². The van der Waals surface area contributed by atoms with Gasteiger partial charge in [0.15, 0.2) is 0 Å². The number of aromatic nitrogens is 2. The molecule has 3 heterocycles. The van der Waals surface area contributed by atoms with E-state index in [2.05, 4.69) is 20.7 Å². The van der Waals surface area contributed by atoms with E-state index in [0.717, 1.165) is 15.1 Å². The summed E-state index contributed by atoms with van der Waals surface area (Å²) in [6.45, 7) is 2.12. The summed E-state index contributed by atoms with van der Waals surface area (Å²) in [5, 5.41) is 3.07. The molecule has 3 rings (SSSR count). The third kappa shape index (κ3) is 2.17. The van der Waals surface area contributed by atoms with Crippen LogP contribution in [0.25, 0.3) is 10.2 Å². The first kappa shape index (κ1) is 12.8. The minimum atomic E-state index is -0.345. The highest BCUT2D eigenvalue weighted by Crippen LogP contribution is 2.31. The maximum Gasteiger partial charge on any atom is 0.246 e. The molecule has 1 aliphatic heterocycles. The summed E-state index contributed by atoms with van der Waals surface area (Å²) >= 11 is 1.50. The number of anilines is 2. The number of nitrogens with one attached hydrogen (secondary N) is 2. The lowest BCUT2D eigenvalue weighted by Gasteiger charge is -2.26. The lowest BCUT2D eigenvalue weighted by molar-refractivity contribution is -0.130. The highest BCUT2D eigenvalue weighted by molar-refractivity contribution is 7.18. The van der Waals surface area contributed by atoms with Crippen molar-refractivity contribution in [2.45, 2.75) is 6.92 Å². The molecule has 9 heteroatoms. The van der Waals surface area contributed by atoms with E-state index in [1.54, 1.807) is 4.90 Å². The third-order valence-electron chi connectivity index (χ3n) is 2.87. The summed E-state index contributed by atoms with van der Waals surface area (Å²) in [5.74, 6) is 5.47. The van der Waals surface area contributed by atoms with Crippen LogP contribution in [0.5, 0.6) is 0 Å². The van der Waals surface area contributed by atoms with Crippen LogP contribution < -0.4 is 21.5 Å². The number of nitrogens with zero attached hydrogens (tertiary/aromatic N) is 3. The first-order chi connectivity index (χ1) is 9.56.